The number of hydrogen-bond donors (Lipinski definition) is 2. The summed E-state index contributed by atoms with van der Waals surface area (Å²) in [7, 11) is 0. The first-order valence-electron chi connectivity index (χ1n) is 5.48. The minimum absolute atomic E-state index is 0.0255. The highest BCUT2D eigenvalue weighted by atomic mass is 35.5. The Kier molecular flexibility index (Phi) is 5.48. The molecular weight excluding hydrogens is 290 g/mol. The number of benzene rings is 1. The first kappa shape index (κ1) is 15.9. The van der Waals surface area contributed by atoms with Crippen LogP contribution in [0.5, 0.6) is 0 Å². The second-order valence-corrected chi connectivity index (χ2v) is 4.15. The van der Waals surface area contributed by atoms with Crippen LogP contribution < -0.4 is 0 Å². The van der Waals surface area contributed by atoms with E-state index in [1.54, 1.807) is 6.07 Å². The average Bonchev–Trinajstić information content (AvgIpc) is 2.38. The van der Waals surface area contributed by atoms with Gasteiger partial charge in [0.05, 0.1) is 17.2 Å². The third-order valence-electron chi connectivity index (χ3n) is 2.33. The lowest BCUT2D eigenvalue weighted by atomic mass is 10.2. The van der Waals surface area contributed by atoms with Crippen molar-refractivity contribution in [2.24, 2.45) is 0 Å². The molecule has 1 rings (SSSR count). The van der Waals surface area contributed by atoms with Crippen LogP contribution in [0, 0.1) is 0 Å². The molecule has 1 aromatic carbocycles. The molecule has 0 spiro atoms. The Morgan fingerprint density at radius 3 is 2.40 bits per heavy atom. The molecule has 20 heavy (non-hydrogen) atoms. The summed E-state index contributed by atoms with van der Waals surface area (Å²) in [5.41, 5.74) is -0.0255. The SMILES string of the molecule is CC(=O)N(OC(=O)c1ccccc1Cl)[C@@H](CO)C(=O)O. The highest BCUT2D eigenvalue weighted by Gasteiger charge is 2.31. The molecule has 0 aliphatic heterocycles. The largest absolute Gasteiger partial charge is 0.480 e. The molecule has 8 heteroatoms. The molecule has 0 radical (unpaired) electrons. The fraction of sp³-hybridized carbons (Fsp3) is 0.250. The summed E-state index contributed by atoms with van der Waals surface area (Å²) in [6.07, 6.45) is 0. The van der Waals surface area contributed by atoms with Gasteiger partial charge in [-0.3, -0.25) is 4.79 Å². The van der Waals surface area contributed by atoms with E-state index in [-0.39, 0.29) is 10.6 Å². The number of carboxylic acid groups (broad SMARTS) is 1. The van der Waals surface area contributed by atoms with Gasteiger partial charge < -0.3 is 15.1 Å². The fourth-order valence-corrected chi connectivity index (χ4v) is 1.58. The van der Waals surface area contributed by atoms with E-state index in [9.17, 15) is 14.4 Å². The van der Waals surface area contributed by atoms with Crippen LogP contribution in [0.4, 0.5) is 0 Å². The van der Waals surface area contributed by atoms with Crippen molar-refractivity contribution < 1.29 is 29.4 Å². The van der Waals surface area contributed by atoms with Gasteiger partial charge in [-0.2, -0.15) is 5.06 Å². The van der Waals surface area contributed by atoms with Gasteiger partial charge in [0.1, 0.15) is 0 Å². The van der Waals surface area contributed by atoms with E-state index in [4.69, 9.17) is 26.7 Å². The number of carboxylic acids is 1. The number of aliphatic carboxylic acids is 1. The highest BCUT2D eigenvalue weighted by Crippen LogP contribution is 2.17. The van der Waals surface area contributed by atoms with Gasteiger partial charge in [-0.05, 0) is 12.1 Å². The molecular formula is C12H12ClNO6. The predicted octanol–water partition coefficient (Wildman–Crippen LogP) is 0.706. The fourth-order valence-electron chi connectivity index (χ4n) is 1.37. The first-order chi connectivity index (χ1) is 9.38. The molecule has 108 valence electrons. The summed E-state index contributed by atoms with van der Waals surface area (Å²) in [6, 6.07) is 4.24. The molecule has 7 nitrogen and oxygen atoms in total. The van der Waals surface area contributed by atoms with Crippen molar-refractivity contribution in [2.75, 3.05) is 6.61 Å². The second kappa shape index (κ2) is 6.88. The van der Waals surface area contributed by atoms with Crippen molar-refractivity contribution in [3.63, 3.8) is 0 Å². The number of aliphatic hydroxyl groups is 1. The van der Waals surface area contributed by atoms with Crippen LogP contribution in [-0.4, -0.2) is 45.8 Å². The Hall–Kier alpha value is -2.12. The summed E-state index contributed by atoms with van der Waals surface area (Å²) in [4.78, 5) is 38.8. The quantitative estimate of drug-likeness (QED) is 0.794. The van der Waals surface area contributed by atoms with Crippen molar-refractivity contribution in [3.8, 4) is 0 Å². The van der Waals surface area contributed by atoms with Gasteiger partial charge in [0, 0.05) is 6.92 Å². The van der Waals surface area contributed by atoms with Crippen molar-refractivity contribution in [1.82, 2.24) is 5.06 Å². The summed E-state index contributed by atoms with van der Waals surface area (Å²) >= 11 is 5.79. The zero-order valence-corrected chi connectivity index (χ0v) is 11.2. The standard InChI is InChI=1S/C12H12ClNO6/c1-7(16)14(10(6-15)11(17)18)20-12(19)8-4-2-3-5-9(8)13/h2-5,10,15H,6H2,1H3,(H,17,18)/t10-/m0/s1. The Morgan fingerprint density at radius 1 is 1.35 bits per heavy atom. The molecule has 1 amide bonds. The summed E-state index contributed by atoms with van der Waals surface area (Å²) in [5, 5.41) is 18.2. The van der Waals surface area contributed by atoms with Crippen LogP contribution in [0.2, 0.25) is 5.02 Å². The Morgan fingerprint density at radius 2 is 1.95 bits per heavy atom. The number of carbonyl (C=O) groups is 3. The number of rotatable bonds is 4. The molecule has 0 aliphatic carbocycles. The number of hydrogen-bond acceptors (Lipinski definition) is 5. The van der Waals surface area contributed by atoms with Gasteiger partial charge in [-0.1, -0.05) is 23.7 Å². The van der Waals surface area contributed by atoms with E-state index in [1.165, 1.54) is 18.2 Å². The molecule has 0 heterocycles. The maximum absolute atomic E-state index is 11.8. The lowest BCUT2D eigenvalue weighted by Gasteiger charge is -2.24. The van der Waals surface area contributed by atoms with Gasteiger partial charge in [0.25, 0.3) is 5.91 Å². The van der Waals surface area contributed by atoms with Crippen LogP contribution in [0.15, 0.2) is 24.3 Å². The lowest BCUT2D eigenvalue weighted by molar-refractivity contribution is -0.188. The van der Waals surface area contributed by atoms with E-state index >= 15 is 0 Å². The molecule has 1 aromatic rings. The topological polar surface area (TPSA) is 104 Å². The smallest absolute Gasteiger partial charge is 0.364 e. The predicted molar refractivity (Wildman–Crippen MR) is 67.9 cm³/mol. The average molecular weight is 302 g/mol. The summed E-state index contributed by atoms with van der Waals surface area (Å²) < 4.78 is 0. The van der Waals surface area contributed by atoms with Crippen LogP contribution in [-0.2, 0) is 14.4 Å². The molecule has 0 unspecified atom stereocenters. The second-order valence-electron chi connectivity index (χ2n) is 3.74. The van der Waals surface area contributed by atoms with E-state index < -0.39 is 30.5 Å². The molecule has 1 atom stereocenters. The minimum atomic E-state index is -1.68. The van der Waals surface area contributed by atoms with Gasteiger partial charge >= 0.3 is 11.9 Å². The maximum atomic E-state index is 11.8. The van der Waals surface area contributed by atoms with Crippen LogP contribution in [0.25, 0.3) is 0 Å². The molecule has 0 aliphatic rings. The van der Waals surface area contributed by atoms with Crippen LogP contribution >= 0.6 is 11.6 Å². The number of carbonyl (C=O) groups excluding carboxylic acids is 2. The zero-order chi connectivity index (χ0) is 15.3. The van der Waals surface area contributed by atoms with Gasteiger partial charge in [-0.25, -0.2) is 9.59 Å². The normalized spacial score (nSPS) is 11.6. The highest BCUT2D eigenvalue weighted by molar-refractivity contribution is 6.33. The summed E-state index contributed by atoms with van der Waals surface area (Å²) in [5.74, 6) is -3.34. The van der Waals surface area contributed by atoms with Gasteiger partial charge in [0.2, 0.25) is 0 Å². The number of nitrogens with zero attached hydrogens (tertiary/aromatic N) is 1. The van der Waals surface area contributed by atoms with Gasteiger partial charge in [-0.15, -0.1) is 0 Å². The van der Waals surface area contributed by atoms with Crippen molar-refractivity contribution in [1.29, 1.82) is 0 Å². The number of hydroxylamine groups is 2. The maximum Gasteiger partial charge on any atom is 0.364 e. The molecule has 0 aromatic heterocycles. The number of aliphatic hydroxyl groups excluding tert-OH is 1. The van der Waals surface area contributed by atoms with Gasteiger partial charge in [0.15, 0.2) is 6.04 Å². The third-order valence-corrected chi connectivity index (χ3v) is 2.66. The molecule has 0 saturated heterocycles. The lowest BCUT2D eigenvalue weighted by Crippen LogP contribution is -2.47. The Bertz CT molecular complexity index is 532. The molecule has 0 bridgehead atoms. The molecule has 0 saturated carbocycles. The van der Waals surface area contributed by atoms with Crippen LogP contribution in [0.3, 0.4) is 0 Å². The zero-order valence-electron chi connectivity index (χ0n) is 10.4. The third kappa shape index (κ3) is 3.69. The van der Waals surface area contributed by atoms with E-state index in [2.05, 4.69) is 0 Å². The number of amides is 1. The first-order valence-corrected chi connectivity index (χ1v) is 5.86. The minimum Gasteiger partial charge on any atom is -0.480 e. The van der Waals surface area contributed by atoms with Crippen molar-refractivity contribution in [3.05, 3.63) is 34.9 Å². The Balaban J connectivity index is 2.97. The van der Waals surface area contributed by atoms with Crippen molar-refractivity contribution in [2.45, 2.75) is 13.0 Å². The summed E-state index contributed by atoms with van der Waals surface area (Å²) in [6.45, 7) is 0.107. The monoisotopic (exact) mass is 301 g/mol. The van der Waals surface area contributed by atoms with E-state index in [0.717, 1.165) is 6.92 Å². The molecule has 2 N–H and O–H groups in total. The van der Waals surface area contributed by atoms with E-state index in [0.29, 0.717) is 5.06 Å². The van der Waals surface area contributed by atoms with Crippen LogP contribution in [0.1, 0.15) is 17.3 Å². The number of halogens is 1. The molecule has 0 fully saturated rings. The van der Waals surface area contributed by atoms with Crippen molar-refractivity contribution >= 4 is 29.4 Å². The van der Waals surface area contributed by atoms with E-state index in [1.807, 2.05) is 0 Å². The Labute approximate surface area is 119 Å².